The number of rotatable bonds is 4. The molecule has 3 heteroatoms. The van der Waals surface area contributed by atoms with Crippen molar-refractivity contribution >= 4 is 10.9 Å². The monoisotopic (exact) mass is 218 g/mol. The maximum atomic E-state index is 9.60. The van der Waals surface area contributed by atoms with Crippen LogP contribution in [0.1, 0.15) is 19.4 Å². The topological polar surface area (TPSA) is 48.0 Å². The molecule has 2 aromatic rings. The third-order valence-corrected chi connectivity index (χ3v) is 2.56. The predicted octanol–water partition coefficient (Wildman–Crippen LogP) is 2.03. The fourth-order valence-electron chi connectivity index (χ4n) is 1.81. The quantitative estimate of drug-likeness (QED) is 0.735. The average Bonchev–Trinajstić information content (AvgIpc) is 2.64. The van der Waals surface area contributed by atoms with Crippen LogP contribution in [0.4, 0.5) is 0 Å². The summed E-state index contributed by atoms with van der Waals surface area (Å²) in [5, 5.41) is 14.1. The van der Waals surface area contributed by atoms with Crippen LogP contribution in [-0.2, 0) is 6.54 Å². The van der Waals surface area contributed by atoms with Gasteiger partial charge in [0.2, 0.25) is 0 Å². The van der Waals surface area contributed by atoms with Crippen molar-refractivity contribution in [3.05, 3.63) is 36.0 Å². The first-order valence-electron chi connectivity index (χ1n) is 5.54. The molecule has 0 atom stereocenters. The second-order valence-electron chi connectivity index (χ2n) is 4.77. The first-order chi connectivity index (χ1) is 7.56. The molecule has 86 valence electrons. The molecule has 3 nitrogen and oxygen atoms in total. The van der Waals surface area contributed by atoms with Crippen LogP contribution in [0.3, 0.4) is 0 Å². The van der Waals surface area contributed by atoms with Crippen molar-refractivity contribution in [2.75, 3.05) is 6.54 Å². The smallest absolute Gasteiger partial charge is 0.0715 e. The Morgan fingerprint density at radius 3 is 2.88 bits per heavy atom. The summed E-state index contributed by atoms with van der Waals surface area (Å²) in [5.41, 5.74) is 1.75. The Kier molecular flexibility index (Phi) is 2.99. The zero-order valence-corrected chi connectivity index (χ0v) is 9.75. The summed E-state index contributed by atoms with van der Waals surface area (Å²) < 4.78 is 0. The maximum Gasteiger partial charge on any atom is 0.0715 e. The number of hydrogen-bond acceptors (Lipinski definition) is 2. The fourth-order valence-corrected chi connectivity index (χ4v) is 1.81. The molecule has 0 aliphatic carbocycles. The lowest BCUT2D eigenvalue weighted by Gasteiger charge is -2.17. The van der Waals surface area contributed by atoms with Crippen LogP contribution < -0.4 is 5.32 Å². The van der Waals surface area contributed by atoms with Gasteiger partial charge in [-0.2, -0.15) is 0 Å². The molecule has 1 aromatic heterocycles. The molecule has 1 heterocycles. The van der Waals surface area contributed by atoms with Crippen molar-refractivity contribution in [1.29, 1.82) is 0 Å². The van der Waals surface area contributed by atoms with E-state index < -0.39 is 5.60 Å². The molecule has 0 unspecified atom stereocenters. The van der Waals surface area contributed by atoms with Crippen molar-refractivity contribution in [1.82, 2.24) is 10.3 Å². The fraction of sp³-hybridized carbons (Fsp3) is 0.385. The highest BCUT2D eigenvalue weighted by atomic mass is 16.3. The third kappa shape index (κ3) is 2.62. The standard InChI is InChI=1S/C13H18N2O/c1-13(2,16)9-14-8-10-4-3-5-12-11(10)6-7-15-12/h3-7,14-16H,8-9H2,1-2H3. The molecule has 2 rings (SSSR count). The molecular formula is C13H18N2O. The molecule has 0 amide bonds. The molecule has 0 aliphatic heterocycles. The molecule has 0 saturated carbocycles. The number of aromatic nitrogens is 1. The lowest BCUT2D eigenvalue weighted by molar-refractivity contribution is 0.0795. The van der Waals surface area contributed by atoms with E-state index in [4.69, 9.17) is 0 Å². The Labute approximate surface area is 95.5 Å². The van der Waals surface area contributed by atoms with Gasteiger partial charge in [-0.05, 0) is 31.5 Å². The molecule has 1 aromatic carbocycles. The van der Waals surface area contributed by atoms with Crippen molar-refractivity contribution in [3.8, 4) is 0 Å². The highest BCUT2D eigenvalue weighted by Gasteiger charge is 2.11. The number of hydrogen-bond donors (Lipinski definition) is 3. The van der Waals surface area contributed by atoms with Crippen LogP contribution in [0.25, 0.3) is 10.9 Å². The number of aromatic amines is 1. The van der Waals surface area contributed by atoms with Crippen LogP contribution in [-0.4, -0.2) is 22.2 Å². The SMILES string of the molecule is CC(C)(O)CNCc1cccc2[nH]ccc12. The van der Waals surface area contributed by atoms with Gasteiger partial charge >= 0.3 is 0 Å². The summed E-state index contributed by atoms with van der Waals surface area (Å²) in [6, 6.07) is 8.29. The second-order valence-corrected chi connectivity index (χ2v) is 4.77. The van der Waals surface area contributed by atoms with Gasteiger partial charge < -0.3 is 15.4 Å². The van der Waals surface area contributed by atoms with E-state index in [1.807, 2.05) is 12.3 Å². The van der Waals surface area contributed by atoms with E-state index in [1.165, 1.54) is 10.9 Å². The maximum absolute atomic E-state index is 9.60. The highest BCUT2D eigenvalue weighted by Crippen LogP contribution is 2.17. The van der Waals surface area contributed by atoms with Crippen LogP contribution in [0.15, 0.2) is 30.5 Å². The van der Waals surface area contributed by atoms with Gasteiger partial charge in [-0.1, -0.05) is 12.1 Å². The average molecular weight is 218 g/mol. The molecule has 0 spiro atoms. The molecule has 0 fully saturated rings. The molecule has 16 heavy (non-hydrogen) atoms. The van der Waals surface area contributed by atoms with E-state index in [-0.39, 0.29) is 0 Å². The number of fused-ring (bicyclic) bond motifs is 1. The van der Waals surface area contributed by atoms with Gasteiger partial charge in [0.1, 0.15) is 0 Å². The summed E-state index contributed by atoms with van der Waals surface area (Å²) in [6.45, 7) is 4.97. The Morgan fingerprint density at radius 2 is 2.12 bits per heavy atom. The van der Waals surface area contributed by atoms with Crippen molar-refractivity contribution in [3.63, 3.8) is 0 Å². The van der Waals surface area contributed by atoms with E-state index in [2.05, 4.69) is 28.5 Å². The summed E-state index contributed by atoms with van der Waals surface area (Å²) in [4.78, 5) is 3.19. The molecule has 0 saturated heterocycles. The minimum Gasteiger partial charge on any atom is -0.389 e. The van der Waals surface area contributed by atoms with Crippen LogP contribution in [0.5, 0.6) is 0 Å². The Hall–Kier alpha value is -1.32. The normalized spacial score (nSPS) is 12.2. The van der Waals surface area contributed by atoms with Crippen molar-refractivity contribution in [2.45, 2.75) is 26.0 Å². The molecule has 0 aliphatic rings. The number of nitrogens with one attached hydrogen (secondary N) is 2. The summed E-state index contributed by atoms with van der Waals surface area (Å²) >= 11 is 0. The lowest BCUT2D eigenvalue weighted by Crippen LogP contribution is -2.34. The zero-order valence-electron chi connectivity index (χ0n) is 9.75. The molecule has 0 radical (unpaired) electrons. The van der Waals surface area contributed by atoms with Gasteiger partial charge in [-0.15, -0.1) is 0 Å². The van der Waals surface area contributed by atoms with E-state index in [0.29, 0.717) is 6.54 Å². The van der Waals surface area contributed by atoms with Gasteiger partial charge in [0.05, 0.1) is 5.60 Å². The van der Waals surface area contributed by atoms with Crippen molar-refractivity contribution < 1.29 is 5.11 Å². The number of aliphatic hydroxyl groups is 1. The minimum atomic E-state index is -0.661. The predicted molar refractivity (Wildman–Crippen MR) is 66.3 cm³/mol. The summed E-state index contributed by atoms with van der Waals surface area (Å²) in [5.74, 6) is 0. The Balaban J connectivity index is 2.07. The third-order valence-electron chi connectivity index (χ3n) is 2.56. The van der Waals surface area contributed by atoms with E-state index in [9.17, 15) is 5.11 Å². The van der Waals surface area contributed by atoms with Gasteiger partial charge in [0.25, 0.3) is 0 Å². The Morgan fingerprint density at radius 1 is 1.31 bits per heavy atom. The highest BCUT2D eigenvalue weighted by molar-refractivity contribution is 5.82. The van der Waals surface area contributed by atoms with E-state index in [1.54, 1.807) is 13.8 Å². The molecule has 3 N–H and O–H groups in total. The second kappa shape index (κ2) is 4.28. The minimum absolute atomic E-state index is 0.591. The van der Waals surface area contributed by atoms with E-state index >= 15 is 0 Å². The molecular weight excluding hydrogens is 200 g/mol. The van der Waals surface area contributed by atoms with Crippen LogP contribution in [0.2, 0.25) is 0 Å². The van der Waals surface area contributed by atoms with Gasteiger partial charge in [-0.3, -0.25) is 0 Å². The lowest BCUT2D eigenvalue weighted by atomic mass is 10.1. The molecule has 0 bridgehead atoms. The van der Waals surface area contributed by atoms with Gasteiger partial charge in [0.15, 0.2) is 0 Å². The zero-order chi connectivity index (χ0) is 11.6. The van der Waals surface area contributed by atoms with Gasteiger partial charge in [0, 0.05) is 30.2 Å². The van der Waals surface area contributed by atoms with Crippen LogP contribution >= 0.6 is 0 Å². The first kappa shape index (κ1) is 11.2. The summed E-state index contributed by atoms with van der Waals surface area (Å²) in [6.07, 6.45) is 1.95. The number of H-pyrrole nitrogens is 1. The Bertz CT molecular complexity index is 468. The van der Waals surface area contributed by atoms with E-state index in [0.717, 1.165) is 12.1 Å². The van der Waals surface area contributed by atoms with Gasteiger partial charge in [-0.25, -0.2) is 0 Å². The van der Waals surface area contributed by atoms with Crippen LogP contribution in [0, 0.1) is 0 Å². The van der Waals surface area contributed by atoms with Crippen molar-refractivity contribution in [2.24, 2.45) is 0 Å². The first-order valence-corrected chi connectivity index (χ1v) is 5.54. The summed E-state index contributed by atoms with van der Waals surface area (Å²) in [7, 11) is 0. The number of benzene rings is 1. The largest absolute Gasteiger partial charge is 0.389 e.